The molecule has 5 nitrogen and oxygen atoms in total. The molecule has 25 heavy (non-hydrogen) atoms. The van der Waals surface area contributed by atoms with Gasteiger partial charge in [0.05, 0.1) is 34.6 Å². The number of carbonyl (C=O) groups is 1. The minimum absolute atomic E-state index is 0.0800. The molecular weight excluding hydrogens is 361 g/mol. The Morgan fingerprint density at radius 1 is 1.20 bits per heavy atom. The number of halogens is 2. The number of nitrogens with zero attached hydrogens (tertiary/aromatic N) is 2. The summed E-state index contributed by atoms with van der Waals surface area (Å²) in [5.74, 6) is 0.887. The van der Waals surface area contributed by atoms with Crippen LogP contribution in [0.5, 0.6) is 0 Å². The highest BCUT2D eigenvalue weighted by Crippen LogP contribution is 2.29. The summed E-state index contributed by atoms with van der Waals surface area (Å²) in [7, 11) is 0. The van der Waals surface area contributed by atoms with Crippen LogP contribution in [0.3, 0.4) is 0 Å². The average molecular weight is 382 g/mol. The fraction of sp³-hybridized carbons (Fsp3) is 0.389. The van der Waals surface area contributed by atoms with Gasteiger partial charge in [0.1, 0.15) is 5.76 Å². The van der Waals surface area contributed by atoms with E-state index >= 15 is 0 Å². The van der Waals surface area contributed by atoms with Crippen molar-refractivity contribution in [2.24, 2.45) is 0 Å². The van der Waals surface area contributed by atoms with Crippen LogP contribution in [-0.4, -0.2) is 47.9 Å². The van der Waals surface area contributed by atoms with E-state index in [1.165, 1.54) is 0 Å². The second-order valence-corrected chi connectivity index (χ2v) is 6.94. The number of amides is 1. The second kappa shape index (κ2) is 8.23. The minimum Gasteiger partial charge on any atom is -0.468 e. The maximum atomic E-state index is 12.5. The Balaban J connectivity index is 1.52. The first kappa shape index (κ1) is 18.3. The minimum atomic E-state index is -0.235. The van der Waals surface area contributed by atoms with E-state index in [-0.39, 0.29) is 11.9 Å². The molecule has 0 saturated carbocycles. The molecule has 0 bridgehead atoms. The van der Waals surface area contributed by atoms with E-state index < -0.39 is 0 Å². The van der Waals surface area contributed by atoms with Gasteiger partial charge in [-0.2, -0.15) is 0 Å². The number of hydrogen-bond acceptors (Lipinski definition) is 4. The highest BCUT2D eigenvalue weighted by atomic mass is 35.5. The van der Waals surface area contributed by atoms with Gasteiger partial charge in [-0.3, -0.25) is 14.6 Å². The monoisotopic (exact) mass is 381 g/mol. The molecule has 2 aromatic rings. The predicted molar refractivity (Wildman–Crippen MR) is 100 cm³/mol. The lowest BCUT2D eigenvalue weighted by atomic mass is 10.2. The van der Waals surface area contributed by atoms with Crippen molar-refractivity contribution in [1.82, 2.24) is 9.80 Å². The summed E-state index contributed by atoms with van der Waals surface area (Å²) in [5.41, 5.74) is 0.544. The molecule has 1 unspecified atom stereocenters. The molecule has 7 heteroatoms. The third kappa shape index (κ3) is 4.55. The normalized spacial score (nSPS) is 17.4. The van der Waals surface area contributed by atoms with Gasteiger partial charge in [0.2, 0.25) is 5.91 Å². The zero-order valence-corrected chi connectivity index (χ0v) is 15.6. The number of nitrogens with one attached hydrogen (secondary N) is 1. The molecular formula is C18H21Cl2N3O2. The summed E-state index contributed by atoms with van der Waals surface area (Å²) < 4.78 is 5.39. The van der Waals surface area contributed by atoms with Gasteiger partial charge in [-0.05, 0) is 31.2 Å². The van der Waals surface area contributed by atoms with E-state index in [0.29, 0.717) is 15.7 Å². The van der Waals surface area contributed by atoms with Crippen LogP contribution < -0.4 is 5.32 Å². The van der Waals surface area contributed by atoms with Crippen LogP contribution in [-0.2, 0) is 11.3 Å². The number of rotatable bonds is 5. The van der Waals surface area contributed by atoms with E-state index in [2.05, 4.69) is 15.1 Å². The second-order valence-electron chi connectivity index (χ2n) is 6.16. The van der Waals surface area contributed by atoms with Crippen LogP contribution in [0.4, 0.5) is 5.69 Å². The van der Waals surface area contributed by atoms with Crippen molar-refractivity contribution in [3.8, 4) is 0 Å². The molecule has 2 heterocycles. The molecule has 1 fully saturated rings. The Bertz CT molecular complexity index is 713. The van der Waals surface area contributed by atoms with Gasteiger partial charge in [0, 0.05) is 26.2 Å². The molecule has 1 atom stereocenters. The quantitative estimate of drug-likeness (QED) is 0.856. The molecule has 1 aromatic heterocycles. The number of furan rings is 1. The average Bonchev–Trinajstić information content (AvgIpc) is 3.12. The van der Waals surface area contributed by atoms with E-state index in [9.17, 15) is 4.79 Å². The number of hydrogen-bond donors (Lipinski definition) is 1. The Labute approximate surface area is 157 Å². The summed E-state index contributed by atoms with van der Waals surface area (Å²) >= 11 is 12.1. The molecule has 0 radical (unpaired) electrons. The standard InChI is InChI=1S/C18H21Cl2N3O2/c1-13(18(24)21-16-6-2-5-15(19)17(16)20)23-9-7-22(8-10-23)12-14-4-3-11-25-14/h2-6,11,13H,7-10,12H2,1H3,(H,21,24). The number of piperazine rings is 1. The van der Waals surface area contributed by atoms with Crippen molar-refractivity contribution in [2.75, 3.05) is 31.5 Å². The van der Waals surface area contributed by atoms with E-state index in [1.54, 1.807) is 24.5 Å². The van der Waals surface area contributed by atoms with Crippen molar-refractivity contribution in [2.45, 2.75) is 19.5 Å². The zero-order valence-electron chi connectivity index (χ0n) is 14.0. The van der Waals surface area contributed by atoms with Crippen LogP contribution in [0.15, 0.2) is 41.0 Å². The van der Waals surface area contributed by atoms with E-state index in [4.69, 9.17) is 27.6 Å². The number of anilines is 1. The Kier molecular flexibility index (Phi) is 6.02. The third-order valence-corrected chi connectivity index (χ3v) is 5.32. The van der Waals surface area contributed by atoms with E-state index in [1.807, 2.05) is 19.1 Å². The maximum absolute atomic E-state index is 12.5. The van der Waals surface area contributed by atoms with Gasteiger partial charge in [-0.15, -0.1) is 0 Å². The molecule has 0 spiro atoms. The summed E-state index contributed by atoms with van der Waals surface area (Å²) in [6.07, 6.45) is 1.69. The van der Waals surface area contributed by atoms with Crippen molar-refractivity contribution >= 4 is 34.8 Å². The lowest BCUT2D eigenvalue weighted by Gasteiger charge is -2.37. The lowest BCUT2D eigenvalue weighted by molar-refractivity contribution is -0.121. The Morgan fingerprint density at radius 3 is 2.64 bits per heavy atom. The molecule has 1 amide bonds. The predicted octanol–water partition coefficient (Wildman–Crippen LogP) is 3.73. The molecule has 1 aliphatic rings. The van der Waals surface area contributed by atoms with Crippen LogP contribution in [0, 0.1) is 0 Å². The molecule has 1 aromatic carbocycles. The first-order valence-electron chi connectivity index (χ1n) is 8.28. The van der Waals surface area contributed by atoms with Crippen LogP contribution in [0.25, 0.3) is 0 Å². The smallest absolute Gasteiger partial charge is 0.241 e. The fourth-order valence-corrected chi connectivity index (χ4v) is 3.28. The van der Waals surface area contributed by atoms with Crippen molar-refractivity contribution in [3.63, 3.8) is 0 Å². The van der Waals surface area contributed by atoms with Gasteiger partial charge in [0.15, 0.2) is 0 Å². The highest BCUT2D eigenvalue weighted by molar-refractivity contribution is 6.44. The third-order valence-electron chi connectivity index (χ3n) is 4.50. The molecule has 3 rings (SSSR count). The lowest BCUT2D eigenvalue weighted by Crippen LogP contribution is -2.52. The van der Waals surface area contributed by atoms with Crippen LogP contribution >= 0.6 is 23.2 Å². The van der Waals surface area contributed by atoms with Gasteiger partial charge >= 0.3 is 0 Å². The van der Waals surface area contributed by atoms with Crippen molar-refractivity contribution < 1.29 is 9.21 Å². The summed E-state index contributed by atoms with van der Waals surface area (Å²) in [4.78, 5) is 17.0. The van der Waals surface area contributed by atoms with E-state index in [0.717, 1.165) is 38.5 Å². The highest BCUT2D eigenvalue weighted by Gasteiger charge is 2.26. The zero-order chi connectivity index (χ0) is 17.8. The number of carbonyl (C=O) groups excluding carboxylic acids is 1. The Morgan fingerprint density at radius 2 is 1.96 bits per heavy atom. The van der Waals surface area contributed by atoms with Crippen LogP contribution in [0.1, 0.15) is 12.7 Å². The largest absolute Gasteiger partial charge is 0.468 e. The van der Waals surface area contributed by atoms with Gasteiger partial charge in [0.25, 0.3) is 0 Å². The van der Waals surface area contributed by atoms with Gasteiger partial charge in [-0.1, -0.05) is 29.3 Å². The first-order valence-corrected chi connectivity index (χ1v) is 9.04. The summed E-state index contributed by atoms with van der Waals surface area (Å²) in [6, 6.07) is 8.86. The summed E-state index contributed by atoms with van der Waals surface area (Å²) in [6.45, 7) is 6.18. The first-order chi connectivity index (χ1) is 12.0. The molecule has 1 saturated heterocycles. The van der Waals surface area contributed by atoms with Crippen LogP contribution in [0.2, 0.25) is 10.0 Å². The summed E-state index contributed by atoms with van der Waals surface area (Å²) in [5, 5.41) is 3.67. The molecule has 0 aliphatic carbocycles. The Hall–Kier alpha value is -1.53. The van der Waals surface area contributed by atoms with Crippen molar-refractivity contribution in [3.05, 3.63) is 52.4 Å². The van der Waals surface area contributed by atoms with Gasteiger partial charge < -0.3 is 9.73 Å². The molecule has 1 aliphatic heterocycles. The topological polar surface area (TPSA) is 48.7 Å². The maximum Gasteiger partial charge on any atom is 0.241 e. The van der Waals surface area contributed by atoms with Gasteiger partial charge in [-0.25, -0.2) is 0 Å². The molecule has 134 valence electrons. The fourth-order valence-electron chi connectivity index (χ4n) is 2.94. The number of benzene rings is 1. The van der Waals surface area contributed by atoms with Crippen molar-refractivity contribution in [1.29, 1.82) is 0 Å². The SMILES string of the molecule is CC(C(=O)Nc1cccc(Cl)c1Cl)N1CCN(Cc2ccco2)CC1. The molecule has 1 N–H and O–H groups in total.